The Labute approximate surface area is 164 Å². The lowest BCUT2D eigenvalue weighted by Gasteiger charge is -2.23. The minimum Gasteiger partial charge on any atom is -0.483 e. The Balaban J connectivity index is 2.05. The minimum absolute atomic E-state index is 0.132. The molecule has 0 fully saturated rings. The Morgan fingerprint density at radius 1 is 1.15 bits per heavy atom. The molecule has 0 aliphatic carbocycles. The number of halogens is 1. The number of ether oxygens (including phenoxy) is 1. The number of primary amides is 1. The number of hydrogen-bond acceptors (Lipinski definition) is 3. The van der Waals surface area contributed by atoms with Gasteiger partial charge >= 0.3 is 0 Å². The maximum absolute atomic E-state index is 12.4. The summed E-state index contributed by atoms with van der Waals surface area (Å²) in [5.74, 6) is -0.504. The van der Waals surface area contributed by atoms with E-state index in [0.717, 1.165) is 12.0 Å². The summed E-state index contributed by atoms with van der Waals surface area (Å²) in [6.07, 6.45) is 0.968. The molecule has 6 heteroatoms. The molecule has 144 valence electrons. The van der Waals surface area contributed by atoms with Gasteiger partial charge in [-0.1, -0.05) is 56.6 Å². The molecule has 2 aromatic rings. The van der Waals surface area contributed by atoms with E-state index >= 15 is 0 Å². The van der Waals surface area contributed by atoms with Crippen molar-refractivity contribution < 1.29 is 14.3 Å². The third kappa shape index (κ3) is 5.73. The second-order valence-corrected chi connectivity index (χ2v) is 7.11. The first-order valence-electron chi connectivity index (χ1n) is 8.92. The number of hydrogen-bond donors (Lipinski definition) is 2. The van der Waals surface area contributed by atoms with E-state index < -0.39 is 5.91 Å². The summed E-state index contributed by atoms with van der Waals surface area (Å²) >= 11 is 5.87. The van der Waals surface area contributed by atoms with Gasteiger partial charge in [0.15, 0.2) is 6.61 Å². The van der Waals surface area contributed by atoms with Crippen molar-refractivity contribution >= 4 is 23.4 Å². The van der Waals surface area contributed by atoms with Crippen molar-refractivity contribution in [2.75, 3.05) is 6.61 Å². The molecule has 27 heavy (non-hydrogen) atoms. The lowest BCUT2D eigenvalue weighted by molar-refractivity contribution is -0.124. The van der Waals surface area contributed by atoms with Gasteiger partial charge in [-0.2, -0.15) is 0 Å². The van der Waals surface area contributed by atoms with Crippen LogP contribution in [-0.2, 0) is 11.2 Å². The van der Waals surface area contributed by atoms with E-state index in [9.17, 15) is 9.59 Å². The van der Waals surface area contributed by atoms with Crippen LogP contribution in [0.4, 0.5) is 0 Å². The number of amides is 2. The highest BCUT2D eigenvalue weighted by Crippen LogP contribution is 2.24. The number of carbonyl (C=O) groups is 2. The molecular formula is C21H25ClN2O3. The average molecular weight is 389 g/mol. The van der Waals surface area contributed by atoms with Crippen molar-refractivity contribution in [3.8, 4) is 5.75 Å². The van der Waals surface area contributed by atoms with Crippen LogP contribution < -0.4 is 15.8 Å². The molecule has 3 N–H and O–H groups in total. The van der Waals surface area contributed by atoms with Gasteiger partial charge in [0, 0.05) is 5.02 Å². The quantitative estimate of drug-likeness (QED) is 0.719. The van der Waals surface area contributed by atoms with Crippen LogP contribution in [0.3, 0.4) is 0 Å². The van der Waals surface area contributed by atoms with Gasteiger partial charge in [-0.05, 0) is 41.7 Å². The summed E-state index contributed by atoms with van der Waals surface area (Å²) < 4.78 is 5.50. The molecule has 0 aliphatic heterocycles. The summed E-state index contributed by atoms with van der Waals surface area (Å²) in [6.45, 7) is 5.97. The summed E-state index contributed by atoms with van der Waals surface area (Å²) in [4.78, 5) is 23.9. The lowest BCUT2D eigenvalue weighted by atomic mass is 9.95. The molecule has 1 atom stereocenters. The van der Waals surface area contributed by atoms with E-state index in [1.807, 2.05) is 26.0 Å². The number of nitrogens with two attached hydrogens (primary N) is 1. The molecule has 0 bridgehead atoms. The fourth-order valence-electron chi connectivity index (χ4n) is 2.77. The van der Waals surface area contributed by atoms with Crippen LogP contribution in [0.1, 0.15) is 48.3 Å². The summed E-state index contributed by atoms with van der Waals surface area (Å²) in [7, 11) is 0. The van der Waals surface area contributed by atoms with Gasteiger partial charge in [-0.15, -0.1) is 0 Å². The van der Waals surface area contributed by atoms with E-state index in [2.05, 4.69) is 24.4 Å². The maximum Gasteiger partial charge on any atom is 0.258 e. The highest BCUT2D eigenvalue weighted by atomic mass is 35.5. The number of nitrogens with one attached hydrogen (secondary N) is 1. The van der Waals surface area contributed by atoms with Crippen molar-refractivity contribution in [2.45, 2.75) is 33.2 Å². The van der Waals surface area contributed by atoms with Gasteiger partial charge in [0.05, 0.1) is 11.6 Å². The van der Waals surface area contributed by atoms with Crippen LogP contribution in [0.25, 0.3) is 0 Å². The SMILES string of the molecule is CCc1ccc([C@@H](NC(=O)COc2ccc(Cl)cc2C(N)=O)C(C)C)cc1. The van der Waals surface area contributed by atoms with Crippen LogP contribution in [0.15, 0.2) is 42.5 Å². The zero-order chi connectivity index (χ0) is 20.0. The molecule has 0 spiro atoms. The van der Waals surface area contributed by atoms with Gasteiger partial charge in [-0.25, -0.2) is 0 Å². The van der Waals surface area contributed by atoms with Crippen LogP contribution in [-0.4, -0.2) is 18.4 Å². The molecule has 0 saturated heterocycles. The molecule has 0 heterocycles. The highest BCUT2D eigenvalue weighted by Gasteiger charge is 2.19. The van der Waals surface area contributed by atoms with Crippen molar-refractivity contribution in [3.05, 3.63) is 64.2 Å². The summed E-state index contributed by atoms with van der Waals surface area (Å²) in [6, 6.07) is 12.6. The van der Waals surface area contributed by atoms with Gasteiger partial charge < -0.3 is 15.8 Å². The Bertz CT molecular complexity index is 804. The van der Waals surface area contributed by atoms with E-state index in [1.165, 1.54) is 17.7 Å². The van der Waals surface area contributed by atoms with Crippen LogP contribution in [0, 0.1) is 5.92 Å². The molecule has 0 aliphatic rings. The van der Waals surface area contributed by atoms with Crippen molar-refractivity contribution in [1.29, 1.82) is 0 Å². The smallest absolute Gasteiger partial charge is 0.258 e. The lowest BCUT2D eigenvalue weighted by Crippen LogP contribution is -2.35. The van der Waals surface area contributed by atoms with Crippen LogP contribution in [0.5, 0.6) is 5.75 Å². The predicted octanol–water partition coefficient (Wildman–Crippen LogP) is 3.89. The van der Waals surface area contributed by atoms with E-state index in [0.29, 0.717) is 5.02 Å². The molecule has 2 aromatic carbocycles. The van der Waals surface area contributed by atoms with Crippen molar-refractivity contribution in [3.63, 3.8) is 0 Å². The zero-order valence-corrected chi connectivity index (χ0v) is 16.5. The Morgan fingerprint density at radius 3 is 2.37 bits per heavy atom. The molecule has 0 aromatic heterocycles. The monoisotopic (exact) mass is 388 g/mol. The zero-order valence-electron chi connectivity index (χ0n) is 15.8. The molecular weight excluding hydrogens is 364 g/mol. The first-order chi connectivity index (χ1) is 12.8. The Morgan fingerprint density at radius 2 is 1.81 bits per heavy atom. The molecule has 2 rings (SSSR count). The summed E-state index contributed by atoms with van der Waals surface area (Å²) in [5.41, 5.74) is 7.77. The minimum atomic E-state index is -0.663. The standard InChI is InChI=1S/C21H25ClN2O3/c1-4-14-5-7-15(8-6-14)20(13(2)3)24-19(25)12-27-18-10-9-16(22)11-17(18)21(23)26/h5-11,13,20H,4,12H2,1-3H3,(H2,23,26)(H,24,25)/t20-/m0/s1. The number of aryl methyl sites for hydroxylation is 1. The third-order valence-corrected chi connectivity index (χ3v) is 4.53. The predicted molar refractivity (Wildman–Crippen MR) is 107 cm³/mol. The van der Waals surface area contributed by atoms with Crippen LogP contribution >= 0.6 is 11.6 Å². The second kappa shape index (κ2) is 9.42. The Hall–Kier alpha value is -2.53. The number of carbonyl (C=O) groups excluding carboxylic acids is 2. The molecule has 2 amide bonds. The van der Waals surface area contributed by atoms with E-state index in [4.69, 9.17) is 22.1 Å². The highest BCUT2D eigenvalue weighted by molar-refractivity contribution is 6.31. The first-order valence-corrected chi connectivity index (χ1v) is 9.30. The van der Waals surface area contributed by atoms with Crippen molar-refractivity contribution in [1.82, 2.24) is 5.32 Å². The summed E-state index contributed by atoms with van der Waals surface area (Å²) in [5, 5.41) is 3.37. The third-order valence-electron chi connectivity index (χ3n) is 4.30. The maximum atomic E-state index is 12.4. The molecule has 0 unspecified atom stereocenters. The molecule has 0 saturated carbocycles. The molecule has 0 radical (unpaired) electrons. The van der Waals surface area contributed by atoms with E-state index in [-0.39, 0.29) is 35.8 Å². The largest absolute Gasteiger partial charge is 0.483 e. The fourth-order valence-corrected chi connectivity index (χ4v) is 2.95. The molecule has 5 nitrogen and oxygen atoms in total. The van der Waals surface area contributed by atoms with Gasteiger partial charge in [0.25, 0.3) is 11.8 Å². The van der Waals surface area contributed by atoms with Crippen molar-refractivity contribution in [2.24, 2.45) is 11.7 Å². The first kappa shape index (κ1) is 20.8. The van der Waals surface area contributed by atoms with Gasteiger partial charge in [-0.3, -0.25) is 9.59 Å². The van der Waals surface area contributed by atoms with Crippen LogP contribution in [0.2, 0.25) is 5.02 Å². The topological polar surface area (TPSA) is 81.4 Å². The van der Waals surface area contributed by atoms with E-state index in [1.54, 1.807) is 6.07 Å². The van der Waals surface area contributed by atoms with Gasteiger partial charge in [0.2, 0.25) is 0 Å². The normalized spacial score (nSPS) is 11.9. The number of benzene rings is 2. The second-order valence-electron chi connectivity index (χ2n) is 6.68. The Kier molecular flexibility index (Phi) is 7.25. The van der Waals surface area contributed by atoms with Gasteiger partial charge in [0.1, 0.15) is 5.75 Å². The fraction of sp³-hybridized carbons (Fsp3) is 0.333. The average Bonchev–Trinajstić information content (AvgIpc) is 2.64. The number of rotatable bonds is 8.